The molecule has 1 saturated carbocycles. The molecule has 0 saturated heterocycles. The Kier molecular flexibility index (Phi) is 4.22. The maximum Gasteiger partial charge on any atom is 0.0348 e. The van der Waals surface area contributed by atoms with Crippen LogP contribution in [0.5, 0.6) is 0 Å². The Hall–Kier alpha value is -0.820. The van der Waals surface area contributed by atoms with Crippen molar-refractivity contribution in [3.8, 4) is 0 Å². The van der Waals surface area contributed by atoms with Gasteiger partial charge in [-0.05, 0) is 42.9 Å². The molecule has 0 amide bonds. The fourth-order valence-electron chi connectivity index (χ4n) is 3.30. The van der Waals surface area contributed by atoms with Crippen LogP contribution in [0.15, 0.2) is 24.3 Å². The van der Waals surface area contributed by atoms with Crippen molar-refractivity contribution >= 4 is 0 Å². The van der Waals surface area contributed by atoms with Gasteiger partial charge in [0.2, 0.25) is 0 Å². The molecule has 0 heterocycles. The van der Waals surface area contributed by atoms with Gasteiger partial charge in [0.25, 0.3) is 0 Å². The normalized spacial score (nSPS) is 26.1. The molecule has 1 N–H and O–H groups in total. The molecule has 1 aliphatic carbocycles. The van der Waals surface area contributed by atoms with Crippen molar-refractivity contribution in [3.63, 3.8) is 0 Å². The number of benzene rings is 1. The van der Waals surface area contributed by atoms with E-state index in [0.717, 1.165) is 18.3 Å². The van der Waals surface area contributed by atoms with Crippen LogP contribution in [0.1, 0.15) is 50.3 Å². The topological polar surface area (TPSA) is 12.0 Å². The molecule has 0 aromatic heterocycles. The van der Waals surface area contributed by atoms with Crippen molar-refractivity contribution in [2.24, 2.45) is 11.8 Å². The van der Waals surface area contributed by atoms with Gasteiger partial charge in [0, 0.05) is 6.04 Å². The molecule has 3 unspecified atom stereocenters. The minimum Gasteiger partial charge on any atom is -0.313 e. The second kappa shape index (κ2) is 5.68. The van der Waals surface area contributed by atoms with Crippen LogP contribution in [-0.4, -0.2) is 7.05 Å². The Morgan fingerprint density at radius 2 is 2.18 bits per heavy atom. The molecule has 1 aromatic carbocycles. The molecule has 2 rings (SSSR count). The van der Waals surface area contributed by atoms with Crippen molar-refractivity contribution in [1.29, 1.82) is 0 Å². The fourth-order valence-corrected chi connectivity index (χ4v) is 3.30. The summed E-state index contributed by atoms with van der Waals surface area (Å²) in [7, 11) is 2.11. The highest BCUT2D eigenvalue weighted by molar-refractivity contribution is 5.27. The second-order valence-corrected chi connectivity index (χ2v) is 5.44. The van der Waals surface area contributed by atoms with Crippen LogP contribution < -0.4 is 5.32 Å². The first-order valence-corrected chi connectivity index (χ1v) is 7.02. The van der Waals surface area contributed by atoms with Crippen LogP contribution in [0.3, 0.4) is 0 Å². The van der Waals surface area contributed by atoms with Crippen LogP contribution in [0.4, 0.5) is 0 Å². The maximum atomic E-state index is 3.54. The van der Waals surface area contributed by atoms with E-state index in [2.05, 4.69) is 50.5 Å². The minimum atomic E-state index is 0.541. The predicted octanol–water partition coefficient (Wildman–Crippen LogP) is 3.95. The van der Waals surface area contributed by atoms with Gasteiger partial charge in [-0.2, -0.15) is 0 Å². The first kappa shape index (κ1) is 12.6. The molecule has 0 aliphatic heterocycles. The molecular weight excluding hydrogens is 206 g/mol. The Morgan fingerprint density at radius 3 is 2.76 bits per heavy atom. The van der Waals surface area contributed by atoms with E-state index in [9.17, 15) is 0 Å². The van der Waals surface area contributed by atoms with Gasteiger partial charge in [0.05, 0.1) is 0 Å². The fraction of sp³-hybridized carbons (Fsp3) is 0.625. The lowest BCUT2D eigenvalue weighted by Crippen LogP contribution is -2.26. The van der Waals surface area contributed by atoms with E-state index in [-0.39, 0.29) is 0 Å². The standard InChI is InChI=1S/C16H25N/c1-4-13-8-6-9-14(11-13)16(17-3)15-10-5-7-12(15)2/h6,8-9,11-12,15-17H,4-5,7,10H2,1-3H3. The first-order chi connectivity index (χ1) is 8.26. The summed E-state index contributed by atoms with van der Waals surface area (Å²) < 4.78 is 0. The summed E-state index contributed by atoms with van der Waals surface area (Å²) >= 11 is 0. The summed E-state index contributed by atoms with van der Waals surface area (Å²) in [4.78, 5) is 0. The SMILES string of the molecule is CCc1cccc(C(NC)C2CCCC2C)c1. The Labute approximate surface area is 106 Å². The van der Waals surface area contributed by atoms with E-state index in [4.69, 9.17) is 0 Å². The summed E-state index contributed by atoms with van der Waals surface area (Å²) in [5, 5.41) is 3.54. The summed E-state index contributed by atoms with van der Waals surface area (Å²) in [5.41, 5.74) is 2.93. The van der Waals surface area contributed by atoms with Crippen molar-refractivity contribution in [2.45, 2.75) is 45.6 Å². The molecule has 1 heteroatoms. The van der Waals surface area contributed by atoms with Gasteiger partial charge in [-0.3, -0.25) is 0 Å². The lowest BCUT2D eigenvalue weighted by atomic mass is 9.85. The van der Waals surface area contributed by atoms with E-state index >= 15 is 0 Å². The van der Waals surface area contributed by atoms with Crippen LogP contribution in [0.25, 0.3) is 0 Å². The van der Waals surface area contributed by atoms with E-state index in [1.807, 2.05) is 0 Å². The summed E-state index contributed by atoms with van der Waals surface area (Å²) in [6.07, 6.45) is 5.31. The predicted molar refractivity (Wildman–Crippen MR) is 74.1 cm³/mol. The second-order valence-electron chi connectivity index (χ2n) is 5.44. The molecule has 0 spiro atoms. The molecule has 1 fully saturated rings. The zero-order valence-electron chi connectivity index (χ0n) is 11.4. The summed E-state index contributed by atoms with van der Waals surface area (Å²) in [5.74, 6) is 1.67. The van der Waals surface area contributed by atoms with E-state index < -0.39 is 0 Å². The zero-order valence-corrected chi connectivity index (χ0v) is 11.4. The van der Waals surface area contributed by atoms with Crippen molar-refractivity contribution < 1.29 is 0 Å². The molecule has 1 aromatic rings. The molecule has 94 valence electrons. The average molecular weight is 231 g/mol. The van der Waals surface area contributed by atoms with Gasteiger partial charge in [-0.15, -0.1) is 0 Å². The highest BCUT2D eigenvalue weighted by Crippen LogP contribution is 2.39. The zero-order chi connectivity index (χ0) is 12.3. The van der Waals surface area contributed by atoms with Gasteiger partial charge in [-0.1, -0.05) is 51.0 Å². The quantitative estimate of drug-likeness (QED) is 0.827. The van der Waals surface area contributed by atoms with Gasteiger partial charge >= 0.3 is 0 Å². The number of hydrogen-bond donors (Lipinski definition) is 1. The molecule has 17 heavy (non-hydrogen) atoms. The molecule has 1 nitrogen and oxygen atoms in total. The van der Waals surface area contributed by atoms with Crippen LogP contribution >= 0.6 is 0 Å². The van der Waals surface area contributed by atoms with E-state index in [0.29, 0.717) is 6.04 Å². The third kappa shape index (κ3) is 2.71. The molecule has 3 atom stereocenters. The van der Waals surface area contributed by atoms with Crippen molar-refractivity contribution in [1.82, 2.24) is 5.32 Å². The number of aryl methyl sites for hydroxylation is 1. The molecule has 0 radical (unpaired) electrons. The van der Waals surface area contributed by atoms with Crippen LogP contribution in [0, 0.1) is 11.8 Å². The Balaban J connectivity index is 2.21. The molecule has 0 bridgehead atoms. The third-order valence-electron chi connectivity index (χ3n) is 4.39. The van der Waals surface area contributed by atoms with Crippen LogP contribution in [0.2, 0.25) is 0 Å². The van der Waals surface area contributed by atoms with Crippen molar-refractivity contribution in [3.05, 3.63) is 35.4 Å². The van der Waals surface area contributed by atoms with Gasteiger partial charge in [0.1, 0.15) is 0 Å². The van der Waals surface area contributed by atoms with Gasteiger partial charge < -0.3 is 5.32 Å². The lowest BCUT2D eigenvalue weighted by Gasteiger charge is -2.27. The van der Waals surface area contributed by atoms with Gasteiger partial charge in [-0.25, -0.2) is 0 Å². The monoisotopic (exact) mass is 231 g/mol. The first-order valence-electron chi connectivity index (χ1n) is 7.02. The average Bonchev–Trinajstić information content (AvgIpc) is 2.77. The third-order valence-corrected chi connectivity index (χ3v) is 4.39. The highest BCUT2D eigenvalue weighted by atomic mass is 14.9. The Morgan fingerprint density at radius 1 is 1.35 bits per heavy atom. The lowest BCUT2D eigenvalue weighted by molar-refractivity contribution is 0.315. The number of nitrogens with one attached hydrogen (secondary N) is 1. The number of rotatable bonds is 4. The smallest absolute Gasteiger partial charge is 0.0348 e. The van der Waals surface area contributed by atoms with Crippen LogP contribution in [-0.2, 0) is 6.42 Å². The summed E-state index contributed by atoms with van der Waals surface area (Å²) in [6.45, 7) is 4.64. The van der Waals surface area contributed by atoms with Gasteiger partial charge in [0.15, 0.2) is 0 Å². The Bertz CT molecular complexity index is 358. The molecular formula is C16H25N. The van der Waals surface area contributed by atoms with E-state index in [1.165, 1.54) is 30.4 Å². The van der Waals surface area contributed by atoms with E-state index in [1.54, 1.807) is 0 Å². The molecule has 1 aliphatic rings. The number of hydrogen-bond acceptors (Lipinski definition) is 1. The highest BCUT2D eigenvalue weighted by Gasteiger charge is 2.30. The van der Waals surface area contributed by atoms with Crippen molar-refractivity contribution in [2.75, 3.05) is 7.05 Å². The maximum absolute atomic E-state index is 3.54. The summed E-state index contributed by atoms with van der Waals surface area (Å²) in [6, 6.07) is 9.64. The minimum absolute atomic E-state index is 0.541. The largest absolute Gasteiger partial charge is 0.313 e.